The van der Waals surface area contributed by atoms with Crippen LogP contribution in [0.3, 0.4) is 0 Å². The van der Waals surface area contributed by atoms with Crippen LogP contribution in [0.15, 0.2) is 18.5 Å². The number of carboxylic acids is 1. The Bertz CT molecular complexity index is 390. The van der Waals surface area contributed by atoms with Gasteiger partial charge < -0.3 is 14.6 Å². The molecule has 0 bridgehead atoms. The molecule has 0 amide bonds. The van der Waals surface area contributed by atoms with E-state index in [2.05, 4.69) is 4.98 Å². The van der Waals surface area contributed by atoms with Crippen molar-refractivity contribution in [1.82, 2.24) is 4.98 Å². The van der Waals surface area contributed by atoms with E-state index >= 15 is 0 Å². The topological polar surface area (TPSA) is 68.7 Å². The Morgan fingerprint density at radius 3 is 2.82 bits per heavy atom. The molecule has 1 rings (SSSR count). The minimum atomic E-state index is -1.02. The van der Waals surface area contributed by atoms with Crippen LogP contribution < -0.4 is 4.74 Å². The van der Waals surface area contributed by atoms with Gasteiger partial charge in [0.25, 0.3) is 0 Å². The summed E-state index contributed by atoms with van der Waals surface area (Å²) in [5.41, 5.74) is -0.166. The van der Waals surface area contributed by atoms with Gasteiger partial charge >= 0.3 is 5.97 Å². The fourth-order valence-electron chi connectivity index (χ4n) is 1.18. The largest absolute Gasteiger partial charge is 0.491 e. The summed E-state index contributed by atoms with van der Waals surface area (Å²) in [4.78, 5) is 14.7. The van der Waals surface area contributed by atoms with Crippen molar-refractivity contribution in [2.45, 2.75) is 25.9 Å². The second kappa shape index (κ2) is 5.63. The van der Waals surface area contributed by atoms with E-state index in [9.17, 15) is 4.79 Å². The number of hydrogen-bond acceptors (Lipinski definition) is 4. The molecule has 5 heteroatoms. The zero-order valence-corrected chi connectivity index (χ0v) is 10.3. The number of nitrogens with zero attached hydrogens (tertiary/aromatic N) is 1. The minimum Gasteiger partial charge on any atom is -0.491 e. The highest BCUT2D eigenvalue weighted by atomic mass is 16.5. The van der Waals surface area contributed by atoms with Gasteiger partial charge in [-0.15, -0.1) is 0 Å². The first-order valence-electron chi connectivity index (χ1n) is 5.31. The summed E-state index contributed by atoms with van der Waals surface area (Å²) in [5.74, 6) is -0.736. The van der Waals surface area contributed by atoms with Crippen LogP contribution in [0.5, 0.6) is 5.75 Å². The van der Waals surface area contributed by atoms with Gasteiger partial charge in [0.1, 0.15) is 5.56 Å². The number of methoxy groups -OCH3 is 1. The molecule has 0 fully saturated rings. The first-order chi connectivity index (χ1) is 7.96. The lowest BCUT2D eigenvalue weighted by Crippen LogP contribution is -2.25. The van der Waals surface area contributed by atoms with Crippen LogP contribution in [0.4, 0.5) is 0 Å². The number of carbonyl (C=O) groups is 1. The molecule has 0 aromatic carbocycles. The molecule has 0 atom stereocenters. The average Bonchev–Trinajstić information content (AvgIpc) is 2.29. The van der Waals surface area contributed by atoms with Crippen LogP contribution in [-0.4, -0.2) is 35.4 Å². The first kappa shape index (κ1) is 13.4. The molecule has 0 saturated heterocycles. The van der Waals surface area contributed by atoms with E-state index in [0.29, 0.717) is 13.0 Å². The monoisotopic (exact) mass is 239 g/mol. The van der Waals surface area contributed by atoms with Gasteiger partial charge in [0.2, 0.25) is 0 Å². The predicted molar refractivity (Wildman–Crippen MR) is 62.4 cm³/mol. The van der Waals surface area contributed by atoms with Gasteiger partial charge in [0, 0.05) is 19.7 Å². The molecule has 1 aromatic rings. The Labute approximate surface area is 100 Å². The summed E-state index contributed by atoms with van der Waals surface area (Å²) in [6.07, 6.45) is 3.50. The van der Waals surface area contributed by atoms with Crippen LogP contribution in [-0.2, 0) is 4.74 Å². The lowest BCUT2D eigenvalue weighted by atomic mass is 10.1. The number of rotatable bonds is 6. The summed E-state index contributed by atoms with van der Waals surface area (Å²) >= 11 is 0. The molecule has 0 aliphatic rings. The fraction of sp³-hybridized carbons (Fsp3) is 0.500. The number of aromatic carboxylic acids is 1. The molecule has 5 nitrogen and oxygen atoms in total. The Balaban J connectivity index is 2.61. The van der Waals surface area contributed by atoms with E-state index in [0.717, 1.165) is 0 Å². The molecule has 1 N–H and O–H groups in total. The van der Waals surface area contributed by atoms with Crippen molar-refractivity contribution in [3.05, 3.63) is 24.0 Å². The fourth-order valence-corrected chi connectivity index (χ4v) is 1.18. The third-order valence-electron chi connectivity index (χ3n) is 2.53. The lowest BCUT2D eigenvalue weighted by molar-refractivity contribution is 0.00534. The van der Waals surface area contributed by atoms with E-state index in [-0.39, 0.29) is 16.9 Å². The third-order valence-corrected chi connectivity index (χ3v) is 2.53. The van der Waals surface area contributed by atoms with Crippen LogP contribution >= 0.6 is 0 Å². The van der Waals surface area contributed by atoms with Crippen molar-refractivity contribution in [3.8, 4) is 5.75 Å². The molecule has 0 radical (unpaired) electrons. The second-order valence-corrected chi connectivity index (χ2v) is 4.24. The Morgan fingerprint density at radius 1 is 1.53 bits per heavy atom. The Hall–Kier alpha value is -1.62. The lowest BCUT2D eigenvalue weighted by Gasteiger charge is -2.22. The molecular formula is C12H17NO4. The highest BCUT2D eigenvalue weighted by Crippen LogP contribution is 2.18. The van der Waals surface area contributed by atoms with Gasteiger partial charge in [-0.3, -0.25) is 4.98 Å². The summed E-state index contributed by atoms with van der Waals surface area (Å²) in [5, 5.41) is 8.94. The molecule has 0 unspecified atom stereocenters. The van der Waals surface area contributed by atoms with Crippen molar-refractivity contribution in [3.63, 3.8) is 0 Å². The third kappa shape index (κ3) is 4.03. The Kier molecular flexibility index (Phi) is 4.45. The average molecular weight is 239 g/mol. The highest BCUT2D eigenvalue weighted by molar-refractivity contribution is 5.90. The molecule has 0 aliphatic carbocycles. The zero-order valence-electron chi connectivity index (χ0n) is 10.3. The van der Waals surface area contributed by atoms with Gasteiger partial charge in [-0.25, -0.2) is 4.79 Å². The molecule has 94 valence electrons. The SMILES string of the molecule is COC(C)(C)CCOc1cnccc1C(=O)O. The summed E-state index contributed by atoms with van der Waals surface area (Å²) in [7, 11) is 1.63. The smallest absolute Gasteiger partial charge is 0.339 e. The van der Waals surface area contributed by atoms with Crippen molar-refractivity contribution in [1.29, 1.82) is 0 Å². The van der Waals surface area contributed by atoms with Crippen molar-refractivity contribution < 1.29 is 19.4 Å². The summed E-state index contributed by atoms with van der Waals surface area (Å²) in [6.45, 7) is 4.27. The predicted octanol–water partition coefficient (Wildman–Crippen LogP) is 1.97. The van der Waals surface area contributed by atoms with Crippen LogP contribution in [0, 0.1) is 0 Å². The van der Waals surface area contributed by atoms with E-state index in [4.69, 9.17) is 14.6 Å². The maximum Gasteiger partial charge on any atom is 0.339 e. The first-order valence-corrected chi connectivity index (χ1v) is 5.31. The van der Waals surface area contributed by atoms with Crippen molar-refractivity contribution in [2.24, 2.45) is 0 Å². The van der Waals surface area contributed by atoms with E-state index < -0.39 is 5.97 Å². The van der Waals surface area contributed by atoms with E-state index in [1.165, 1.54) is 18.5 Å². The second-order valence-electron chi connectivity index (χ2n) is 4.24. The summed E-state index contributed by atoms with van der Waals surface area (Å²) < 4.78 is 10.7. The molecule has 1 heterocycles. The van der Waals surface area contributed by atoms with Gasteiger partial charge in [0.05, 0.1) is 18.4 Å². The van der Waals surface area contributed by atoms with Gasteiger partial charge in [0.15, 0.2) is 5.75 Å². The number of carboxylic acid groups (broad SMARTS) is 1. The van der Waals surface area contributed by atoms with Gasteiger partial charge in [-0.2, -0.15) is 0 Å². The van der Waals surface area contributed by atoms with E-state index in [1.807, 2.05) is 13.8 Å². The highest BCUT2D eigenvalue weighted by Gasteiger charge is 2.17. The molecule has 0 saturated carbocycles. The van der Waals surface area contributed by atoms with Crippen LogP contribution in [0.2, 0.25) is 0 Å². The van der Waals surface area contributed by atoms with Crippen molar-refractivity contribution in [2.75, 3.05) is 13.7 Å². The number of ether oxygens (including phenoxy) is 2. The number of pyridine rings is 1. The van der Waals surface area contributed by atoms with Gasteiger partial charge in [-0.05, 0) is 19.9 Å². The minimum absolute atomic E-state index is 0.121. The normalized spacial score (nSPS) is 11.2. The maximum atomic E-state index is 10.9. The molecule has 1 aromatic heterocycles. The molecular weight excluding hydrogens is 222 g/mol. The molecule has 17 heavy (non-hydrogen) atoms. The molecule has 0 aliphatic heterocycles. The quantitative estimate of drug-likeness (QED) is 0.822. The van der Waals surface area contributed by atoms with Crippen LogP contribution in [0.25, 0.3) is 0 Å². The van der Waals surface area contributed by atoms with Crippen molar-refractivity contribution >= 4 is 5.97 Å². The number of hydrogen-bond donors (Lipinski definition) is 1. The van der Waals surface area contributed by atoms with E-state index in [1.54, 1.807) is 7.11 Å². The molecule has 0 spiro atoms. The zero-order chi connectivity index (χ0) is 12.9. The summed E-state index contributed by atoms with van der Waals surface area (Å²) in [6, 6.07) is 1.42. The Morgan fingerprint density at radius 2 is 2.24 bits per heavy atom. The van der Waals surface area contributed by atoms with Crippen LogP contribution in [0.1, 0.15) is 30.6 Å². The standard InChI is InChI=1S/C12H17NO4/c1-12(2,16-3)5-7-17-10-8-13-6-4-9(10)11(14)15/h4,6,8H,5,7H2,1-3H3,(H,14,15). The maximum absolute atomic E-state index is 10.9. The number of aromatic nitrogens is 1. The van der Waals surface area contributed by atoms with Gasteiger partial charge in [-0.1, -0.05) is 0 Å².